The standard InChI is InChI=1S/C20H21ClFNO3/c21-16-6-8-18(9-7-16)26-14-20(24)23-10-2-5-19(12-23)25-13-15-3-1-4-17(22)11-15/h1,3-4,6-9,11,19H,2,5,10,12-14H2. The first-order chi connectivity index (χ1) is 12.6. The van der Waals surface area contributed by atoms with Gasteiger partial charge in [-0.05, 0) is 54.8 Å². The van der Waals surface area contributed by atoms with E-state index in [1.807, 2.05) is 6.07 Å². The molecule has 1 atom stereocenters. The lowest BCUT2D eigenvalue weighted by molar-refractivity contribution is -0.137. The van der Waals surface area contributed by atoms with E-state index in [0.717, 1.165) is 18.4 Å². The third kappa shape index (κ3) is 5.44. The van der Waals surface area contributed by atoms with Gasteiger partial charge in [-0.25, -0.2) is 4.39 Å². The van der Waals surface area contributed by atoms with Crippen LogP contribution in [0.2, 0.25) is 5.02 Å². The number of carbonyl (C=O) groups excluding carboxylic acids is 1. The van der Waals surface area contributed by atoms with E-state index < -0.39 is 0 Å². The van der Waals surface area contributed by atoms with Gasteiger partial charge >= 0.3 is 0 Å². The topological polar surface area (TPSA) is 38.8 Å². The summed E-state index contributed by atoms with van der Waals surface area (Å²) in [5.41, 5.74) is 0.791. The fourth-order valence-electron chi connectivity index (χ4n) is 2.91. The Morgan fingerprint density at radius 1 is 1.23 bits per heavy atom. The van der Waals surface area contributed by atoms with Crippen LogP contribution < -0.4 is 4.74 Å². The molecule has 1 aliphatic rings. The number of hydrogen-bond donors (Lipinski definition) is 0. The number of benzene rings is 2. The Hall–Kier alpha value is -2.11. The SMILES string of the molecule is O=C(COc1ccc(Cl)cc1)N1CCCC(OCc2cccc(F)c2)C1. The van der Waals surface area contributed by atoms with Crippen LogP contribution in [0.5, 0.6) is 5.75 Å². The van der Waals surface area contributed by atoms with Crippen molar-refractivity contribution in [2.45, 2.75) is 25.6 Å². The van der Waals surface area contributed by atoms with E-state index in [4.69, 9.17) is 21.1 Å². The quantitative estimate of drug-likeness (QED) is 0.761. The molecule has 4 nitrogen and oxygen atoms in total. The summed E-state index contributed by atoms with van der Waals surface area (Å²) in [5, 5.41) is 0.623. The van der Waals surface area contributed by atoms with Crippen molar-refractivity contribution in [3.8, 4) is 5.75 Å². The molecular weight excluding hydrogens is 357 g/mol. The summed E-state index contributed by atoms with van der Waals surface area (Å²) >= 11 is 5.83. The molecule has 1 fully saturated rings. The highest BCUT2D eigenvalue weighted by Crippen LogP contribution is 2.18. The summed E-state index contributed by atoms with van der Waals surface area (Å²) < 4.78 is 24.6. The van der Waals surface area contributed by atoms with Gasteiger partial charge in [0.25, 0.3) is 5.91 Å². The summed E-state index contributed by atoms with van der Waals surface area (Å²) in [5.74, 6) is 0.267. The summed E-state index contributed by atoms with van der Waals surface area (Å²) in [6, 6.07) is 13.3. The van der Waals surface area contributed by atoms with E-state index in [0.29, 0.717) is 30.5 Å². The van der Waals surface area contributed by atoms with Gasteiger partial charge in [0.15, 0.2) is 6.61 Å². The second kappa shape index (κ2) is 9.01. The van der Waals surface area contributed by atoms with Crippen molar-refractivity contribution in [1.29, 1.82) is 0 Å². The Kier molecular flexibility index (Phi) is 6.47. The smallest absolute Gasteiger partial charge is 0.260 e. The zero-order valence-electron chi connectivity index (χ0n) is 14.4. The van der Waals surface area contributed by atoms with Crippen LogP contribution in [0.25, 0.3) is 0 Å². The minimum atomic E-state index is -0.272. The molecule has 1 aliphatic heterocycles. The highest BCUT2D eigenvalue weighted by molar-refractivity contribution is 6.30. The number of hydrogen-bond acceptors (Lipinski definition) is 3. The van der Waals surface area contributed by atoms with Crippen LogP contribution in [0.15, 0.2) is 48.5 Å². The highest BCUT2D eigenvalue weighted by Gasteiger charge is 2.24. The van der Waals surface area contributed by atoms with Crippen LogP contribution in [-0.4, -0.2) is 36.6 Å². The van der Waals surface area contributed by atoms with Crippen LogP contribution in [0.4, 0.5) is 4.39 Å². The Morgan fingerprint density at radius 3 is 2.81 bits per heavy atom. The van der Waals surface area contributed by atoms with E-state index >= 15 is 0 Å². The first kappa shape index (κ1) is 18.7. The molecule has 2 aromatic rings. The molecule has 26 heavy (non-hydrogen) atoms. The molecule has 1 heterocycles. The summed E-state index contributed by atoms with van der Waals surface area (Å²) in [6.45, 7) is 1.55. The molecule has 0 aromatic heterocycles. The van der Waals surface area contributed by atoms with Crippen LogP contribution in [-0.2, 0) is 16.1 Å². The highest BCUT2D eigenvalue weighted by atomic mass is 35.5. The van der Waals surface area contributed by atoms with Gasteiger partial charge in [0.1, 0.15) is 11.6 Å². The molecule has 3 rings (SSSR count). The van der Waals surface area contributed by atoms with Gasteiger partial charge in [0.05, 0.1) is 12.7 Å². The molecule has 0 aliphatic carbocycles. The largest absolute Gasteiger partial charge is 0.484 e. The molecule has 6 heteroatoms. The minimum Gasteiger partial charge on any atom is -0.484 e. The van der Waals surface area contributed by atoms with Crippen LogP contribution in [0, 0.1) is 5.82 Å². The molecule has 138 valence electrons. The average Bonchev–Trinajstić information content (AvgIpc) is 2.66. The Morgan fingerprint density at radius 2 is 2.04 bits per heavy atom. The molecule has 0 bridgehead atoms. The van der Waals surface area contributed by atoms with Crippen molar-refractivity contribution in [2.75, 3.05) is 19.7 Å². The first-order valence-corrected chi connectivity index (χ1v) is 9.00. The van der Waals surface area contributed by atoms with Crippen molar-refractivity contribution in [3.63, 3.8) is 0 Å². The molecular formula is C20H21ClFNO3. The van der Waals surface area contributed by atoms with Gasteiger partial charge in [0.2, 0.25) is 0 Å². The molecule has 0 N–H and O–H groups in total. The third-order valence-corrected chi connectivity index (χ3v) is 4.53. The normalized spacial score (nSPS) is 17.2. The Balaban J connectivity index is 1.46. The van der Waals surface area contributed by atoms with Gasteiger partial charge in [-0.1, -0.05) is 23.7 Å². The Labute approximate surface area is 157 Å². The second-order valence-corrected chi connectivity index (χ2v) is 6.72. The van der Waals surface area contributed by atoms with Crippen molar-refractivity contribution >= 4 is 17.5 Å². The number of amides is 1. The number of rotatable bonds is 6. The monoisotopic (exact) mass is 377 g/mol. The number of likely N-dealkylation sites (tertiary alicyclic amines) is 1. The van der Waals surface area contributed by atoms with Crippen LogP contribution in [0.1, 0.15) is 18.4 Å². The minimum absolute atomic E-state index is 0.0156. The van der Waals surface area contributed by atoms with E-state index in [-0.39, 0.29) is 24.4 Å². The number of ether oxygens (including phenoxy) is 2. The van der Waals surface area contributed by atoms with Gasteiger partial charge < -0.3 is 14.4 Å². The molecule has 1 unspecified atom stereocenters. The maximum absolute atomic E-state index is 13.2. The fraction of sp³-hybridized carbons (Fsp3) is 0.350. The van der Waals surface area contributed by atoms with Crippen molar-refractivity contribution < 1.29 is 18.7 Å². The van der Waals surface area contributed by atoms with Gasteiger partial charge in [0, 0.05) is 18.1 Å². The molecule has 1 amide bonds. The van der Waals surface area contributed by atoms with E-state index in [9.17, 15) is 9.18 Å². The number of nitrogens with zero attached hydrogens (tertiary/aromatic N) is 1. The predicted molar refractivity (Wildman–Crippen MR) is 97.7 cm³/mol. The summed E-state index contributed by atoms with van der Waals surface area (Å²) in [6.07, 6.45) is 1.71. The fourth-order valence-corrected chi connectivity index (χ4v) is 3.03. The second-order valence-electron chi connectivity index (χ2n) is 6.29. The number of halogens is 2. The maximum Gasteiger partial charge on any atom is 0.260 e. The van der Waals surface area contributed by atoms with Gasteiger partial charge in [-0.2, -0.15) is 0 Å². The average molecular weight is 378 g/mol. The van der Waals surface area contributed by atoms with Gasteiger partial charge in [-0.3, -0.25) is 4.79 Å². The lowest BCUT2D eigenvalue weighted by atomic mass is 10.1. The first-order valence-electron chi connectivity index (χ1n) is 8.62. The van der Waals surface area contributed by atoms with Crippen LogP contribution in [0.3, 0.4) is 0 Å². The Bertz CT molecular complexity index is 738. The molecule has 0 spiro atoms. The number of piperidine rings is 1. The third-order valence-electron chi connectivity index (χ3n) is 4.28. The molecule has 0 radical (unpaired) electrons. The maximum atomic E-state index is 13.2. The lowest BCUT2D eigenvalue weighted by Gasteiger charge is -2.32. The lowest BCUT2D eigenvalue weighted by Crippen LogP contribution is -2.45. The zero-order chi connectivity index (χ0) is 18.4. The zero-order valence-corrected chi connectivity index (χ0v) is 15.1. The van der Waals surface area contributed by atoms with E-state index in [2.05, 4.69) is 0 Å². The van der Waals surface area contributed by atoms with E-state index in [1.165, 1.54) is 12.1 Å². The molecule has 1 saturated heterocycles. The van der Waals surface area contributed by atoms with Crippen molar-refractivity contribution in [2.24, 2.45) is 0 Å². The van der Waals surface area contributed by atoms with E-state index in [1.54, 1.807) is 35.2 Å². The predicted octanol–water partition coefficient (Wildman–Crippen LogP) is 4.07. The summed E-state index contributed by atoms with van der Waals surface area (Å²) in [7, 11) is 0. The number of carbonyl (C=O) groups is 1. The van der Waals surface area contributed by atoms with Crippen molar-refractivity contribution in [3.05, 3.63) is 64.9 Å². The molecule has 2 aromatic carbocycles. The summed E-state index contributed by atoms with van der Waals surface area (Å²) in [4.78, 5) is 14.1. The van der Waals surface area contributed by atoms with Crippen molar-refractivity contribution in [1.82, 2.24) is 4.90 Å². The van der Waals surface area contributed by atoms with Crippen LogP contribution >= 0.6 is 11.6 Å². The molecule has 0 saturated carbocycles. The van der Waals surface area contributed by atoms with Gasteiger partial charge in [-0.15, -0.1) is 0 Å².